The Balaban J connectivity index is 3.05. The Hall–Kier alpha value is -1.55. The summed E-state index contributed by atoms with van der Waals surface area (Å²) >= 11 is 1.59. The second-order valence-electron chi connectivity index (χ2n) is 3.49. The zero-order valence-corrected chi connectivity index (χ0v) is 10.9. The Morgan fingerprint density at radius 1 is 1.35 bits per heavy atom. The molecule has 0 saturated heterocycles. The maximum Gasteiger partial charge on any atom is 0.164 e. The Morgan fingerprint density at radius 3 is 2.53 bits per heavy atom. The zero-order chi connectivity index (χ0) is 12.8. The molecular weight excluding hydrogens is 234 g/mol. The van der Waals surface area contributed by atoms with Crippen LogP contribution in [-0.4, -0.2) is 23.4 Å². The topological polar surface area (TPSA) is 49.7 Å². The molecule has 0 aliphatic carbocycles. The smallest absolute Gasteiger partial charge is 0.164 e. The maximum atomic E-state index is 11.2. The van der Waals surface area contributed by atoms with Gasteiger partial charge in [-0.05, 0) is 32.2 Å². The van der Waals surface area contributed by atoms with Crippen LogP contribution >= 0.6 is 11.8 Å². The first-order valence-electron chi connectivity index (χ1n) is 5.14. The molecule has 1 aromatic rings. The molecule has 1 N–H and O–H groups in total. The molecule has 0 radical (unpaired) electrons. The molecule has 0 spiro atoms. The molecule has 1 rings (SSSR count). The molecule has 1 aromatic carbocycles. The minimum atomic E-state index is -0.199. The summed E-state index contributed by atoms with van der Waals surface area (Å²) in [6.07, 6.45) is 3.38. The number of hydrogen-bond donors (Lipinski definition) is 1. The molecule has 17 heavy (non-hydrogen) atoms. The predicted molar refractivity (Wildman–Crippen MR) is 72.4 cm³/mol. The highest BCUT2D eigenvalue weighted by Crippen LogP contribution is 2.27. The SMILES string of the molecule is CSc1ccccc1N=C/C(C(C)=O)=C(/C)O. The first kappa shape index (κ1) is 13.5. The number of ketones is 1. The van der Waals surface area contributed by atoms with E-state index in [1.165, 1.54) is 20.1 Å². The number of Topliss-reactive ketones (excluding diaryl/α,β-unsaturated/α-hetero) is 1. The van der Waals surface area contributed by atoms with Crippen molar-refractivity contribution in [3.63, 3.8) is 0 Å². The summed E-state index contributed by atoms with van der Waals surface area (Å²) in [6.45, 7) is 2.88. The lowest BCUT2D eigenvalue weighted by molar-refractivity contribution is -0.113. The van der Waals surface area contributed by atoms with Gasteiger partial charge in [0.25, 0.3) is 0 Å². The molecule has 0 saturated carbocycles. The third-order valence-corrected chi connectivity index (χ3v) is 2.97. The number of carbonyl (C=O) groups excluding carboxylic acids is 1. The van der Waals surface area contributed by atoms with Gasteiger partial charge in [0, 0.05) is 11.1 Å². The van der Waals surface area contributed by atoms with Gasteiger partial charge in [-0.25, -0.2) is 0 Å². The van der Waals surface area contributed by atoms with Gasteiger partial charge in [-0.3, -0.25) is 9.79 Å². The molecule has 0 amide bonds. The molecule has 4 heteroatoms. The van der Waals surface area contributed by atoms with Gasteiger partial charge in [-0.1, -0.05) is 12.1 Å². The van der Waals surface area contributed by atoms with Gasteiger partial charge < -0.3 is 5.11 Å². The summed E-state index contributed by atoms with van der Waals surface area (Å²) in [4.78, 5) is 16.5. The van der Waals surface area contributed by atoms with Crippen molar-refractivity contribution in [3.8, 4) is 0 Å². The Morgan fingerprint density at radius 2 is 2.00 bits per heavy atom. The largest absolute Gasteiger partial charge is 0.512 e. The Bertz CT molecular complexity index is 474. The number of carbonyl (C=O) groups is 1. The first-order chi connectivity index (χ1) is 8.06. The van der Waals surface area contributed by atoms with Gasteiger partial charge in [0.15, 0.2) is 5.78 Å². The number of hydrogen-bond acceptors (Lipinski definition) is 4. The average molecular weight is 249 g/mol. The van der Waals surface area contributed by atoms with E-state index in [2.05, 4.69) is 4.99 Å². The second kappa shape index (κ2) is 6.25. The fourth-order valence-electron chi connectivity index (χ4n) is 1.31. The van der Waals surface area contributed by atoms with Crippen molar-refractivity contribution in [2.24, 2.45) is 4.99 Å². The quantitative estimate of drug-likeness (QED) is 0.384. The van der Waals surface area contributed by atoms with Crippen LogP contribution in [0.2, 0.25) is 0 Å². The van der Waals surface area contributed by atoms with Crippen molar-refractivity contribution in [2.75, 3.05) is 6.26 Å². The molecule has 90 valence electrons. The fraction of sp³-hybridized carbons (Fsp3) is 0.231. The monoisotopic (exact) mass is 249 g/mol. The van der Waals surface area contributed by atoms with Gasteiger partial charge >= 0.3 is 0 Å². The molecule has 3 nitrogen and oxygen atoms in total. The Kier molecular flexibility index (Phi) is 4.97. The maximum absolute atomic E-state index is 11.2. The Labute approximate surface area is 105 Å². The third kappa shape index (κ3) is 3.75. The van der Waals surface area contributed by atoms with Crippen molar-refractivity contribution in [1.82, 2.24) is 0 Å². The van der Waals surface area contributed by atoms with Crippen molar-refractivity contribution >= 4 is 29.4 Å². The normalized spacial score (nSPS) is 12.6. The summed E-state index contributed by atoms with van der Waals surface area (Å²) in [5, 5.41) is 9.35. The minimum Gasteiger partial charge on any atom is -0.512 e. The van der Waals surface area contributed by atoms with Crippen molar-refractivity contribution in [2.45, 2.75) is 18.7 Å². The number of para-hydroxylation sites is 1. The van der Waals surface area contributed by atoms with E-state index in [4.69, 9.17) is 0 Å². The van der Waals surface area contributed by atoms with Crippen LogP contribution in [0.5, 0.6) is 0 Å². The van der Waals surface area contributed by atoms with E-state index in [-0.39, 0.29) is 17.1 Å². The van der Waals surface area contributed by atoms with Crippen molar-refractivity contribution in [1.29, 1.82) is 0 Å². The lowest BCUT2D eigenvalue weighted by Gasteiger charge is -2.02. The van der Waals surface area contributed by atoms with Crippen LogP contribution in [0.25, 0.3) is 0 Å². The van der Waals surface area contributed by atoms with E-state index in [0.29, 0.717) is 0 Å². The number of aliphatic hydroxyl groups excluding tert-OH is 1. The molecule has 0 aromatic heterocycles. The lowest BCUT2D eigenvalue weighted by Crippen LogP contribution is -2.01. The number of aliphatic imine (C=N–C) groups is 1. The van der Waals surface area contributed by atoms with E-state index in [0.717, 1.165) is 10.6 Å². The van der Waals surface area contributed by atoms with E-state index in [1.807, 2.05) is 30.5 Å². The molecule has 0 aliphatic heterocycles. The third-order valence-electron chi connectivity index (χ3n) is 2.19. The van der Waals surface area contributed by atoms with Crippen molar-refractivity contribution in [3.05, 3.63) is 35.6 Å². The molecule has 0 fully saturated rings. The number of nitrogens with zero attached hydrogens (tertiary/aromatic N) is 1. The summed E-state index contributed by atoms with van der Waals surface area (Å²) in [5.41, 5.74) is 1.03. The van der Waals surface area contributed by atoms with E-state index in [1.54, 1.807) is 11.8 Å². The highest BCUT2D eigenvalue weighted by molar-refractivity contribution is 7.98. The average Bonchev–Trinajstić information content (AvgIpc) is 2.29. The standard InChI is InChI=1S/C13H15NO2S/c1-9(15)11(10(2)16)8-14-12-6-4-5-7-13(12)17-3/h4-8,15H,1-3H3/b11-9+,14-8?. The van der Waals surface area contributed by atoms with Crippen LogP contribution in [0.3, 0.4) is 0 Å². The number of aliphatic hydroxyl groups is 1. The van der Waals surface area contributed by atoms with Crippen LogP contribution in [-0.2, 0) is 4.79 Å². The van der Waals surface area contributed by atoms with Gasteiger partial charge in [0.2, 0.25) is 0 Å². The highest BCUT2D eigenvalue weighted by Gasteiger charge is 2.05. The molecule has 0 heterocycles. The van der Waals surface area contributed by atoms with Crippen LogP contribution in [0.15, 0.2) is 45.5 Å². The van der Waals surface area contributed by atoms with Crippen LogP contribution in [0, 0.1) is 0 Å². The van der Waals surface area contributed by atoms with Gasteiger partial charge in [-0.15, -0.1) is 11.8 Å². The molecule has 0 atom stereocenters. The van der Waals surface area contributed by atoms with E-state index in [9.17, 15) is 9.90 Å². The lowest BCUT2D eigenvalue weighted by atomic mass is 10.2. The molecule has 0 unspecified atom stereocenters. The number of thioether (sulfide) groups is 1. The van der Waals surface area contributed by atoms with Gasteiger partial charge in [-0.2, -0.15) is 0 Å². The van der Waals surface area contributed by atoms with E-state index < -0.39 is 0 Å². The second-order valence-corrected chi connectivity index (χ2v) is 4.33. The first-order valence-corrected chi connectivity index (χ1v) is 6.36. The minimum absolute atomic E-state index is 0.0112. The van der Waals surface area contributed by atoms with Gasteiger partial charge in [0.05, 0.1) is 11.3 Å². The number of benzene rings is 1. The van der Waals surface area contributed by atoms with Gasteiger partial charge in [0.1, 0.15) is 5.76 Å². The van der Waals surface area contributed by atoms with Crippen LogP contribution < -0.4 is 0 Å². The molecule has 0 aliphatic rings. The number of allylic oxidation sites excluding steroid dienone is 2. The summed E-state index contributed by atoms with van der Waals surface area (Å²) in [6, 6.07) is 7.65. The summed E-state index contributed by atoms with van der Waals surface area (Å²) in [7, 11) is 0. The molecular formula is C13H15NO2S. The summed E-state index contributed by atoms with van der Waals surface area (Å²) < 4.78 is 0. The van der Waals surface area contributed by atoms with Crippen molar-refractivity contribution < 1.29 is 9.90 Å². The van der Waals surface area contributed by atoms with Crippen LogP contribution in [0.4, 0.5) is 5.69 Å². The van der Waals surface area contributed by atoms with Crippen LogP contribution in [0.1, 0.15) is 13.8 Å². The van der Waals surface area contributed by atoms with E-state index >= 15 is 0 Å². The molecule has 0 bridgehead atoms. The zero-order valence-electron chi connectivity index (χ0n) is 10.1. The number of rotatable bonds is 4. The highest BCUT2D eigenvalue weighted by atomic mass is 32.2. The fourth-order valence-corrected chi connectivity index (χ4v) is 1.85. The summed E-state index contributed by atoms with van der Waals surface area (Å²) in [5.74, 6) is -0.210. The predicted octanol–water partition coefficient (Wildman–Crippen LogP) is 3.53.